The number of nitrogens with one attached hydrogen (secondary N) is 1. The van der Waals surface area contributed by atoms with Gasteiger partial charge in [0, 0.05) is 32.2 Å². The Morgan fingerprint density at radius 3 is 3.08 bits per heavy atom. The summed E-state index contributed by atoms with van der Waals surface area (Å²) in [5.74, 6) is 3.63. The Bertz CT molecular complexity index is 841. The van der Waals surface area contributed by atoms with Gasteiger partial charge in [-0.3, -0.25) is 5.10 Å². The number of aryl methyl sites for hydroxylation is 1. The summed E-state index contributed by atoms with van der Waals surface area (Å²) < 4.78 is 7.01. The van der Waals surface area contributed by atoms with Gasteiger partial charge in [-0.25, -0.2) is 9.97 Å². The molecule has 4 heterocycles. The number of aromatic amines is 1. The van der Waals surface area contributed by atoms with E-state index in [0.29, 0.717) is 18.3 Å². The lowest BCUT2D eigenvalue weighted by atomic mass is 9.97. The lowest BCUT2D eigenvalue weighted by Gasteiger charge is -2.33. The number of rotatable bonds is 4. The fourth-order valence-electron chi connectivity index (χ4n) is 3.23. The van der Waals surface area contributed by atoms with Gasteiger partial charge in [-0.2, -0.15) is 19.7 Å². The van der Waals surface area contributed by atoms with Crippen LogP contribution < -0.4 is 4.90 Å². The van der Waals surface area contributed by atoms with E-state index in [4.69, 9.17) is 4.74 Å². The molecule has 126 valence electrons. The molecule has 4 rings (SSSR count). The SMILES string of the molecule is COCc1cc(N2CCCC(c3n[nH]c(C)n3)C2)n2ncnc2n1. The molecule has 1 aliphatic rings. The number of methoxy groups -OCH3 is 1. The average molecular weight is 328 g/mol. The number of aromatic nitrogens is 7. The molecule has 9 nitrogen and oxygen atoms in total. The first-order valence-electron chi connectivity index (χ1n) is 8.07. The molecule has 24 heavy (non-hydrogen) atoms. The van der Waals surface area contributed by atoms with Gasteiger partial charge in [0.15, 0.2) is 5.82 Å². The van der Waals surface area contributed by atoms with Crippen molar-refractivity contribution in [3.63, 3.8) is 0 Å². The van der Waals surface area contributed by atoms with E-state index < -0.39 is 0 Å². The normalized spacial score (nSPS) is 18.4. The van der Waals surface area contributed by atoms with Crippen LogP contribution in [0.5, 0.6) is 0 Å². The van der Waals surface area contributed by atoms with E-state index in [2.05, 4.69) is 35.1 Å². The van der Waals surface area contributed by atoms with Gasteiger partial charge >= 0.3 is 0 Å². The molecule has 0 saturated carbocycles. The first kappa shape index (κ1) is 15.0. The largest absolute Gasteiger partial charge is 0.378 e. The number of fused-ring (bicyclic) bond motifs is 1. The molecule has 1 saturated heterocycles. The van der Waals surface area contributed by atoms with E-state index in [1.54, 1.807) is 11.6 Å². The highest BCUT2D eigenvalue weighted by Crippen LogP contribution is 2.28. The predicted molar refractivity (Wildman–Crippen MR) is 86.8 cm³/mol. The van der Waals surface area contributed by atoms with Gasteiger partial charge in [-0.1, -0.05) is 0 Å². The second-order valence-electron chi connectivity index (χ2n) is 6.07. The molecule has 1 atom stereocenters. The van der Waals surface area contributed by atoms with Crippen molar-refractivity contribution >= 4 is 11.6 Å². The third-order valence-electron chi connectivity index (χ3n) is 4.30. The molecule has 9 heteroatoms. The smallest absolute Gasteiger partial charge is 0.254 e. The Morgan fingerprint density at radius 1 is 1.38 bits per heavy atom. The number of piperidine rings is 1. The van der Waals surface area contributed by atoms with Gasteiger partial charge in [-0.05, 0) is 19.8 Å². The van der Waals surface area contributed by atoms with Crippen LogP contribution in [0.3, 0.4) is 0 Å². The highest BCUT2D eigenvalue weighted by Gasteiger charge is 2.26. The molecule has 0 aromatic carbocycles. The van der Waals surface area contributed by atoms with E-state index in [1.807, 2.05) is 13.0 Å². The number of hydrogen-bond acceptors (Lipinski definition) is 7. The van der Waals surface area contributed by atoms with Crippen molar-refractivity contribution in [1.82, 2.24) is 34.8 Å². The Balaban J connectivity index is 1.67. The summed E-state index contributed by atoms with van der Waals surface area (Å²) in [6, 6.07) is 2.02. The second kappa shape index (κ2) is 6.16. The first-order valence-corrected chi connectivity index (χ1v) is 8.07. The van der Waals surface area contributed by atoms with E-state index in [1.165, 1.54) is 6.33 Å². The molecular formula is C15H20N8O. The van der Waals surface area contributed by atoms with Gasteiger partial charge in [0.05, 0.1) is 12.3 Å². The molecule has 1 unspecified atom stereocenters. The zero-order valence-electron chi connectivity index (χ0n) is 13.8. The highest BCUT2D eigenvalue weighted by molar-refractivity contribution is 5.48. The van der Waals surface area contributed by atoms with Crippen LogP contribution in [0.4, 0.5) is 5.82 Å². The summed E-state index contributed by atoms with van der Waals surface area (Å²) in [5, 5.41) is 11.6. The molecule has 1 N–H and O–H groups in total. The van der Waals surface area contributed by atoms with Gasteiger partial charge in [0.1, 0.15) is 18.0 Å². The third kappa shape index (κ3) is 2.71. The van der Waals surface area contributed by atoms with Crippen LogP contribution in [-0.2, 0) is 11.3 Å². The van der Waals surface area contributed by atoms with E-state index >= 15 is 0 Å². The summed E-state index contributed by atoms with van der Waals surface area (Å²) in [7, 11) is 1.66. The molecule has 0 amide bonds. The second-order valence-corrected chi connectivity index (χ2v) is 6.07. The summed E-state index contributed by atoms with van der Waals surface area (Å²) in [6.07, 6.45) is 3.70. The van der Waals surface area contributed by atoms with Crippen molar-refractivity contribution < 1.29 is 4.74 Å². The van der Waals surface area contributed by atoms with E-state index in [-0.39, 0.29) is 0 Å². The molecule has 0 radical (unpaired) electrons. The molecule has 0 spiro atoms. The summed E-state index contributed by atoms with van der Waals surface area (Å²) in [4.78, 5) is 15.5. The average Bonchev–Trinajstić information content (AvgIpc) is 3.23. The first-order chi connectivity index (χ1) is 11.7. The Kier molecular flexibility index (Phi) is 3.85. The maximum absolute atomic E-state index is 5.23. The number of anilines is 1. The van der Waals surface area contributed by atoms with E-state index in [0.717, 1.165) is 49.1 Å². The van der Waals surface area contributed by atoms with Crippen LogP contribution >= 0.6 is 0 Å². The Hall–Kier alpha value is -2.55. The zero-order chi connectivity index (χ0) is 16.5. The number of H-pyrrole nitrogens is 1. The van der Waals surface area contributed by atoms with Crippen molar-refractivity contribution in [3.05, 3.63) is 29.7 Å². The lowest BCUT2D eigenvalue weighted by Crippen LogP contribution is -2.36. The summed E-state index contributed by atoms with van der Waals surface area (Å²) >= 11 is 0. The maximum Gasteiger partial charge on any atom is 0.254 e. The van der Waals surface area contributed by atoms with Crippen LogP contribution in [0.25, 0.3) is 5.78 Å². The van der Waals surface area contributed by atoms with E-state index in [9.17, 15) is 0 Å². The van der Waals surface area contributed by atoms with Gasteiger partial charge in [0.2, 0.25) is 0 Å². The van der Waals surface area contributed by atoms with Crippen LogP contribution in [0.1, 0.15) is 36.1 Å². The quantitative estimate of drug-likeness (QED) is 0.765. The van der Waals surface area contributed by atoms with Crippen LogP contribution in [-0.4, -0.2) is 55.0 Å². The highest BCUT2D eigenvalue weighted by atomic mass is 16.5. The minimum Gasteiger partial charge on any atom is -0.378 e. The predicted octanol–water partition coefficient (Wildman–Crippen LogP) is 1.08. The van der Waals surface area contributed by atoms with Crippen LogP contribution in [0.2, 0.25) is 0 Å². The molecule has 0 aliphatic carbocycles. The topological polar surface area (TPSA) is 97.1 Å². The van der Waals surface area contributed by atoms with Crippen LogP contribution in [0.15, 0.2) is 12.4 Å². The summed E-state index contributed by atoms with van der Waals surface area (Å²) in [6.45, 7) is 4.19. The standard InChI is InChI=1S/C15H20N8O/c1-10-18-14(21-20-10)11-4-3-5-22(7-11)13-6-12(8-24-2)19-15-16-9-17-23(13)15/h6,9,11H,3-5,7-8H2,1-2H3,(H,18,20,21). The fourth-order valence-corrected chi connectivity index (χ4v) is 3.23. The molecule has 3 aromatic rings. The lowest BCUT2D eigenvalue weighted by molar-refractivity contribution is 0.181. The van der Waals surface area contributed by atoms with Crippen molar-refractivity contribution in [3.8, 4) is 0 Å². The number of hydrogen-bond donors (Lipinski definition) is 1. The van der Waals surface area contributed by atoms with Crippen LogP contribution in [0, 0.1) is 6.92 Å². The molecule has 1 aliphatic heterocycles. The fraction of sp³-hybridized carbons (Fsp3) is 0.533. The van der Waals surface area contributed by atoms with Crippen molar-refractivity contribution in [2.75, 3.05) is 25.1 Å². The van der Waals surface area contributed by atoms with Crippen molar-refractivity contribution in [2.24, 2.45) is 0 Å². The molecular weight excluding hydrogens is 308 g/mol. The van der Waals surface area contributed by atoms with Gasteiger partial charge < -0.3 is 9.64 Å². The Morgan fingerprint density at radius 2 is 2.29 bits per heavy atom. The Labute approximate surface area is 139 Å². The minimum atomic E-state index is 0.307. The molecule has 1 fully saturated rings. The molecule has 0 bridgehead atoms. The van der Waals surface area contributed by atoms with Crippen molar-refractivity contribution in [2.45, 2.75) is 32.3 Å². The number of ether oxygens (including phenoxy) is 1. The molecule has 3 aromatic heterocycles. The minimum absolute atomic E-state index is 0.307. The van der Waals surface area contributed by atoms with Crippen molar-refractivity contribution in [1.29, 1.82) is 0 Å². The number of nitrogens with zero attached hydrogens (tertiary/aromatic N) is 7. The van der Waals surface area contributed by atoms with Gasteiger partial charge in [0.25, 0.3) is 5.78 Å². The summed E-state index contributed by atoms with van der Waals surface area (Å²) in [5.41, 5.74) is 0.851. The monoisotopic (exact) mass is 328 g/mol. The zero-order valence-corrected chi connectivity index (χ0v) is 13.8. The third-order valence-corrected chi connectivity index (χ3v) is 4.30. The van der Waals surface area contributed by atoms with Gasteiger partial charge in [-0.15, -0.1) is 0 Å². The maximum atomic E-state index is 5.23.